The Morgan fingerprint density at radius 3 is 2.56 bits per heavy atom. The number of rotatable bonds is 8. The van der Waals surface area contributed by atoms with Gasteiger partial charge in [0.2, 0.25) is 0 Å². The predicted molar refractivity (Wildman–Crippen MR) is 110 cm³/mol. The summed E-state index contributed by atoms with van der Waals surface area (Å²) in [5.74, 6) is 0.903. The van der Waals surface area contributed by atoms with E-state index in [-0.39, 0.29) is 0 Å². The maximum Gasteiger partial charge on any atom is 0.124 e. The van der Waals surface area contributed by atoms with E-state index in [0.717, 1.165) is 53.6 Å². The van der Waals surface area contributed by atoms with Gasteiger partial charge in [-0.3, -0.25) is 0 Å². The zero-order valence-corrected chi connectivity index (χ0v) is 15.8. The quantitative estimate of drug-likeness (QED) is 0.380. The first-order valence-electron chi connectivity index (χ1n) is 9.08. The number of aryl methyl sites for hydroxylation is 1. The number of hydrogen-bond acceptors (Lipinski definition) is 4. The fraction of sp³-hybridized carbons (Fsp3) is 0.182. The zero-order valence-electron chi connectivity index (χ0n) is 15.0. The molecule has 0 aliphatic carbocycles. The Kier molecular flexibility index (Phi) is 5.60. The predicted octanol–water partition coefficient (Wildman–Crippen LogP) is 5.53. The molecule has 2 aromatic heterocycles. The minimum absolute atomic E-state index is 0.725. The standard InChI is InChI=1S/C22H21N3OS/c1-2-6-19(7-3-1)22-24-21(16-27-22)18-8-10-20(11-9-18)26-15-5-4-13-25-14-12-23-17-25/h1-3,6-12,14,16-17H,4-5,13,15H2. The molecule has 0 spiro atoms. The molecule has 0 radical (unpaired) electrons. The molecule has 0 bridgehead atoms. The molecular weight excluding hydrogens is 354 g/mol. The van der Waals surface area contributed by atoms with Crippen molar-refractivity contribution in [2.24, 2.45) is 0 Å². The van der Waals surface area contributed by atoms with Crippen LogP contribution in [0.4, 0.5) is 0 Å². The average Bonchev–Trinajstić information content (AvgIpc) is 3.41. The van der Waals surface area contributed by atoms with Crippen molar-refractivity contribution in [2.75, 3.05) is 6.61 Å². The number of hydrogen-bond donors (Lipinski definition) is 0. The third-order valence-electron chi connectivity index (χ3n) is 4.31. The van der Waals surface area contributed by atoms with Gasteiger partial charge >= 0.3 is 0 Å². The van der Waals surface area contributed by atoms with E-state index in [2.05, 4.69) is 39.2 Å². The lowest BCUT2D eigenvalue weighted by Gasteiger charge is -2.07. The van der Waals surface area contributed by atoms with Gasteiger partial charge in [0.1, 0.15) is 10.8 Å². The van der Waals surface area contributed by atoms with Gasteiger partial charge < -0.3 is 9.30 Å². The van der Waals surface area contributed by atoms with Crippen LogP contribution in [0.3, 0.4) is 0 Å². The van der Waals surface area contributed by atoms with E-state index in [1.165, 1.54) is 0 Å². The van der Waals surface area contributed by atoms with Crippen LogP contribution in [0.15, 0.2) is 78.7 Å². The molecule has 4 nitrogen and oxygen atoms in total. The SMILES string of the molecule is c1ccc(-c2nc(-c3ccc(OCCCCn4ccnc4)cc3)cs2)cc1. The number of nitrogens with zero attached hydrogens (tertiary/aromatic N) is 3. The number of unbranched alkanes of at least 4 members (excludes halogenated alkanes) is 1. The summed E-state index contributed by atoms with van der Waals surface area (Å²) >= 11 is 1.67. The smallest absolute Gasteiger partial charge is 0.124 e. The minimum Gasteiger partial charge on any atom is -0.494 e. The Hall–Kier alpha value is -2.92. The molecule has 0 unspecified atom stereocenters. The van der Waals surface area contributed by atoms with Crippen molar-refractivity contribution < 1.29 is 4.74 Å². The van der Waals surface area contributed by atoms with Crippen LogP contribution in [0.1, 0.15) is 12.8 Å². The minimum atomic E-state index is 0.725. The van der Waals surface area contributed by atoms with E-state index < -0.39 is 0 Å². The molecule has 0 amide bonds. The number of aromatic nitrogens is 3. The van der Waals surface area contributed by atoms with Gasteiger partial charge in [-0.25, -0.2) is 9.97 Å². The molecule has 0 saturated carbocycles. The van der Waals surface area contributed by atoms with Crippen LogP contribution < -0.4 is 4.74 Å². The highest BCUT2D eigenvalue weighted by Crippen LogP contribution is 2.29. The summed E-state index contributed by atoms with van der Waals surface area (Å²) in [6.07, 6.45) is 7.74. The van der Waals surface area contributed by atoms with Crippen molar-refractivity contribution in [3.63, 3.8) is 0 Å². The molecule has 4 rings (SSSR count). The summed E-state index contributed by atoms with van der Waals surface area (Å²) < 4.78 is 7.94. The molecule has 0 aliphatic rings. The second-order valence-electron chi connectivity index (χ2n) is 6.28. The second-order valence-corrected chi connectivity index (χ2v) is 7.14. The molecular formula is C22H21N3OS. The molecule has 5 heteroatoms. The van der Waals surface area contributed by atoms with Gasteiger partial charge in [0.05, 0.1) is 18.6 Å². The molecule has 0 atom stereocenters. The van der Waals surface area contributed by atoms with Crippen LogP contribution in [0.2, 0.25) is 0 Å². The fourth-order valence-corrected chi connectivity index (χ4v) is 3.68. The van der Waals surface area contributed by atoms with Gasteiger partial charge in [-0.2, -0.15) is 0 Å². The maximum absolute atomic E-state index is 5.85. The maximum atomic E-state index is 5.85. The van der Waals surface area contributed by atoms with Crippen molar-refractivity contribution >= 4 is 11.3 Å². The Bertz CT molecular complexity index is 947. The van der Waals surface area contributed by atoms with E-state index in [1.54, 1.807) is 11.3 Å². The molecule has 0 aliphatic heterocycles. The van der Waals surface area contributed by atoms with Crippen LogP contribution in [-0.4, -0.2) is 21.1 Å². The highest BCUT2D eigenvalue weighted by Gasteiger charge is 2.06. The highest BCUT2D eigenvalue weighted by atomic mass is 32.1. The average molecular weight is 375 g/mol. The van der Waals surface area contributed by atoms with E-state index in [0.29, 0.717) is 0 Å². The van der Waals surface area contributed by atoms with Crippen molar-refractivity contribution in [1.29, 1.82) is 0 Å². The van der Waals surface area contributed by atoms with E-state index in [9.17, 15) is 0 Å². The van der Waals surface area contributed by atoms with Gasteiger partial charge in [0.25, 0.3) is 0 Å². The van der Waals surface area contributed by atoms with Crippen LogP contribution in [0, 0.1) is 0 Å². The lowest BCUT2D eigenvalue weighted by molar-refractivity contribution is 0.303. The molecule has 0 fully saturated rings. The molecule has 136 valence electrons. The largest absolute Gasteiger partial charge is 0.494 e. The van der Waals surface area contributed by atoms with E-state index in [4.69, 9.17) is 9.72 Å². The van der Waals surface area contributed by atoms with Crippen molar-refractivity contribution in [3.05, 3.63) is 78.7 Å². The molecule has 27 heavy (non-hydrogen) atoms. The third-order valence-corrected chi connectivity index (χ3v) is 5.20. The lowest BCUT2D eigenvalue weighted by atomic mass is 10.1. The summed E-state index contributed by atoms with van der Waals surface area (Å²) in [4.78, 5) is 8.81. The van der Waals surface area contributed by atoms with Gasteiger partial charge in [0.15, 0.2) is 0 Å². The van der Waals surface area contributed by atoms with Crippen molar-refractivity contribution in [1.82, 2.24) is 14.5 Å². The van der Waals surface area contributed by atoms with Crippen LogP contribution in [-0.2, 0) is 6.54 Å². The van der Waals surface area contributed by atoms with Crippen LogP contribution >= 0.6 is 11.3 Å². The number of imidazole rings is 1. The van der Waals surface area contributed by atoms with Crippen molar-refractivity contribution in [2.45, 2.75) is 19.4 Å². The first-order chi connectivity index (χ1) is 13.4. The number of benzene rings is 2. The molecule has 2 heterocycles. The normalized spacial score (nSPS) is 10.8. The Labute approximate surface area is 163 Å². The summed E-state index contributed by atoms with van der Waals surface area (Å²) in [6, 6.07) is 18.5. The monoisotopic (exact) mass is 375 g/mol. The zero-order chi connectivity index (χ0) is 18.3. The van der Waals surface area contributed by atoms with E-state index >= 15 is 0 Å². The fourth-order valence-electron chi connectivity index (χ4n) is 2.85. The van der Waals surface area contributed by atoms with Crippen LogP contribution in [0.25, 0.3) is 21.8 Å². The van der Waals surface area contributed by atoms with E-state index in [1.807, 2.05) is 49.1 Å². The second kappa shape index (κ2) is 8.64. The Morgan fingerprint density at radius 1 is 0.926 bits per heavy atom. The van der Waals surface area contributed by atoms with Gasteiger partial charge in [-0.05, 0) is 37.1 Å². The number of thiazole rings is 1. The molecule has 0 saturated heterocycles. The summed E-state index contributed by atoms with van der Waals surface area (Å²) in [5, 5.41) is 3.15. The third kappa shape index (κ3) is 4.63. The van der Waals surface area contributed by atoms with Crippen LogP contribution in [0.5, 0.6) is 5.75 Å². The first kappa shape index (κ1) is 17.5. The summed E-state index contributed by atoms with van der Waals surface area (Å²) in [6.45, 7) is 1.71. The summed E-state index contributed by atoms with van der Waals surface area (Å²) in [5.41, 5.74) is 3.27. The topological polar surface area (TPSA) is 39.9 Å². The van der Waals surface area contributed by atoms with Gasteiger partial charge in [0, 0.05) is 35.4 Å². The van der Waals surface area contributed by atoms with Gasteiger partial charge in [-0.15, -0.1) is 11.3 Å². The number of ether oxygens (including phenoxy) is 1. The van der Waals surface area contributed by atoms with Crippen molar-refractivity contribution in [3.8, 4) is 27.6 Å². The summed E-state index contributed by atoms with van der Waals surface area (Å²) in [7, 11) is 0. The first-order valence-corrected chi connectivity index (χ1v) is 9.96. The van der Waals surface area contributed by atoms with Gasteiger partial charge in [-0.1, -0.05) is 30.3 Å². The highest BCUT2D eigenvalue weighted by molar-refractivity contribution is 7.13. The Balaban J connectivity index is 1.29. The molecule has 4 aromatic rings. The molecule has 0 N–H and O–H groups in total. The Morgan fingerprint density at radius 2 is 1.78 bits per heavy atom. The lowest BCUT2D eigenvalue weighted by Crippen LogP contribution is -2.00. The molecule has 2 aromatic carbocycles.